The Morgan fingerprint density at radius 3 is 2.39 bits per heavy atom. The fraction of sp³-hybridized carbons (Fsp3) is 0.176. The molecule has 2 aromatic carbocycles. The standard InChI is InChI=1S/C17H16ClNO4/c1-12(16(20)23-15-9-7-14(18)8-10-15)19-17(21)22-11-13-5-3-2-4-6-13/h2-10,12H,11H2,1H3,(H,19,21). The van der Waals surface area contributed by atoms with Gasteiger partial charge in [-0.05, 0) is 36.8 Å². The van der Waals surface area contributed by atoms with Crippen LogP contribution in [0.3, 0.4) is 0 Å². The van der Waals surface area contributed by atoms with Gasteiger partial charge in [-0.3, -0.25) is 0 Å². The van der Waals surface area contributed by atoms with Crippen LogP contribution in [0.25, 0.3) is 0 Å². The third-order valence-electron chi connectivity index (χ3n) is 2.93. The van der Waals surface area contributed by atoms with E-state index in [4.69, 9.17) is 21.1 Å². The zero-order valence-corrected chi connectivity index (χ0v) is 13.2. The Morgan fingerprint density at radius 1 is 1.09 bits per heavy atom. The average Bonchev–Trinajstić information content (AvgIpc) is 2.56. The van der Waals surface area contributed by atoms with E-state index in [1.54, 1.807) is 24.3 Å². The van der Waals surface area contributed by atoms with Crippen LogP contribution in [0.1, 0.15) is 12.5 Å². The van der Waals surface area contributed by atoms with E-state index in [2.05, 4.69) is 5.32 Å². The number of carbonyl (C=O) groups is 2. The Balaban J connectivity index is 1.78. The minimum Gasteiger partial charge on any atom is -0.445 e. The molecule has 0 aliphatic heterocycles. The van der Waals surface area contributed by atoms with Gasteiger partial charge in [-0.25, -0.2) is 9.59 Å². The van der Waals surface area contributed by atoms with Crippen LogP contribution in [0.4, 0.5) is 4.79 Å². The average molecular weight is 334 g/mol. The van der Waals surface area contributed by atoms with Crippen LogP contribution in [-0.2, 0) is 16.1 Å². The highest BCUT2D eigenvalue weighted by Crippen LogP contribution is 2.16. The van der Waals surface area contributed by atoms with E-state index in [0.29, 0.717) is 10.8 Å². The number of halogens is 1. The second-order valence-corrected chi connectivity index (χ2v) is 5.24. The van der Waals surface area contributed by atoms with E-state index in [9.17, 15) is 9.59 Å². The summed E-state index contributed by atoms with van der Waals surface area (Å²) in [5.74, 6) is -0.241. The van der Waals surface area contributed by atoms with Crippen molar-refractivity contribution in [3.8, 4) is 5.75 Å². The minimum atomic E-state index is -0.839. The maximum atomic E-state index is 11.9. The minimum absolute atomic E-state index is 0.131. The molecule has 0 saturated heterocycles. The molecule has 0 saturated carbocycles. The Bertz CT molecular complexity index is 658. The SMILES string of the molecule is CC(NC(=O)OCc1ccccc1)C(=O)Oc1ccc(Cl)cc1. The summed E-state index contributed by atoms with van der Waals surface area (Å²) >= 11 is 5.75. The van der Waals surface area contributed by atoms with E-state index in [-0.39, 0.29) is 6.61 Å². The highest BCUT2D eigenvalue weighted by atomic mass is 35.5. The molecular weight excluding hydrogens is 318 g/mol. The summed E-state index contributed by atoms with van der Waals surface area (Å²) in [5.41, 5.74) is 0.860. The molecule has 0 fully saturated rings. The van der Waals surface area contributed by atoms with E-state index < -0.39 is 18.1 Å². The van der Waals surface area contributed by atoms with Gasteiger partial charge in [-0.1, -0.05) is 41.9 Å². The molecule has 0 radical (unpaired) electrons. The van der Waals surface area contributed by atoms with Gasteiger partial charge in [0.05, 0.1) is 0 Å². The van der Waals surface area contributed by atoms with Crippen LogP contribution in [0.2, 0.25) is 5.02 Å². The molecule has 6 heteroatoms. The summed E-state index contributed by atoms with van der Waals surface area (Å²) in [6.07, 6.45) is -0.686. The van der Waals surface area contributed by atoms with Gasteiger partial charge in [0.1, 0.15) is 18.4 Å². The van der Waals surface area contributed by atoms with Gasteiger partial charge in [-0.2, -0.15) is 0 Å². The Kier molecular flexibility index (Phi) is 6.00. The van der Waals surface area contributed by atoms with Gasteiger partial charge in [0.2, 0.25) is 0 Å². The van der Waals surface area contributed by atoms with Crippen LogP contribution in [0, 0.1) is 0 Å². The number of amides is 1. The maximum absolute atomic E-state index is 11.9. The van der Waals surface area contributed by atoms with Gasteiger partial charge < -0.3 is 14.8 Å². The van der Waals surface area contributed by atoms with Crippen LogP contribution in [0.15, 0.2) is 54.6 Å². The lowest BCUT2D eigenvalue weighted by Gasteiger charge is -2.13. The number of hydrogen-bond acceptors (Lipinski definition) is 4. The predicted octanol–water partition coefficient (Wildman–Crippen LogP) is 3.56. The monoisotopic (exact) mass is 333 g/mol. The van der Waals surface area contributed by atoms with Gasteiger partial charge in [0, 0.05) is 5.02 Å². The summed E-state index contributed by atoms with van der Waals surface area (Å²) in [7, 11) is 0. The molecule has 0 aliphatic carbocycles. The second-order valence-electron chi connectivity index (χ2n) is 4.80. The van der Waals surface area contributed by atoms with Gasteiger partial charge in [-0.15, -0.1) is 0 Å². The molecule has 5 nitrogen and oxygen atoms in total. The maximum Gasteiger partial charge on any atom is 0.408 e. The van der Waals surface area contributed by atoms with Crippen molar-refractivity contribution < 1.29 is 19.1 Å². The predicted molar refractivity (Wildman–Crippen MR) is 86.3 cm³/mol. The molecular formula is C17H16ClNO4. The number of rotatable bonds is 5. The van der Waals surface area contributed by atoms with E-state index in [1.165, 1.54) is 6.92 Å². The second kappa shape index (κ2) is 8.19. The third kappa shape index (κ3) is 5.64. The van der Waals surface area contributed by atoms with Gasteiger partial charge in [0.15, 0.2) is 0 Å². The molecule has 0 bridgehead atoms. The third-order valence-corrected chi connectivity index (χ3v) is 3.18. The number of nitrogens with one attached hydrogen (secondary N) is 1. The van der Waals surface area contributed by atoms with Crippen LogP contribution < -0.4 is 10.1 Å². The molecule has 2 aromatic rings. The van der Waals surface area contributed by atoms with Crippen LogP contribution in [-0.4, -0.2) is 18.1 Å². The molecule has 1 amide bonds. The van der Waals surface area contributed by atoms with E-state index >= 15 is 0 Å². The number of hydrogen-bond donors (Lipinski definition) is 1. The Hall–Kier alpha value is -2.53. The van der Waals surface area contributed by atoms with Gasteiger partial charge in [0.25, 0.3) is 0 Å². The van der Waals surface area contributed by atoms with Crippen molar-refractivity contribution in [2.75, 3.05) is 0 Å². The quantitative estimate of drug-likeness (QED) is 0.671. The molecule has 1 N–H and O–H groups in total. The van der Waals surface area contributed by atoms with Crippen molar-refractivity contribution in [1.82, 2.24) is 5.32 Å². The van der Waals surface area contributed by atoms with Crippen molar-refractivity contribution in [1.29, 1.82) is 0 Å². The molecule has 1 unspecified atom stereocenters. The fourth-order valence-electron chi connectivity index (χ4n) is 1.71. The molecule has 120 valence electrons. The highest BCUT2D eigenvalue weighted by Gasteiger charge is 2.18. The van der Waals surface area contributed by atoms with Crippen molar-refractivity contribution in [2.45, 2.75) is 19.6 Å². The summed E-state index contributed by atoms with van der Waals surface area (Å²) in [6, 6.07) is 14.8. The summed E-state index contributed by atoms with van der Waals surface area (Å²) < 4.78 is 10.2. The normalized spacial score (nSPS) is 11.4. The lowest BCUT2D eigenvalue weighted by atomic mass is 10.2. The number of benzene rings is 2. The van der Waals surface area contributed by atoms with E-state index in [1.807, 2.05) is 30.3 Å². The van der Waals surface area contributed by atoms with Crippen molar-refractivity contribution in [3.63, 3.8) is 0 Å². The number of ether oxygens (including phenoxy) is 2. The zero-order valence-electron chi connectivity index (χ0n) is 12.5. The first kappa shape index (κ1) is 16.8. The smallest absolute Gasteiger partial charge is 0.408 e. The van der Waals surface area contributed by atoms with Crippen molar-refractivity contribution in [2.24, 2.45) is 0 Å². The van der Waals surface area contributed by atoms with Crippen LogP contribution >= 0.6 is 11.6 Å². The summed E-state index contributed by atoms with van der Waals surface area (Å²) in [6.45, 7) is 1.65. The lowest BCUT2D eigenvalue weighted by molar-refractivity contribution is -0.136. The highest BCUT2D eigenvalue weighted by molar-refractivity contribution is 6.30. The first-order chi connectivity index (χ1) is 11.0. The van der Waals surface area contributed by atoms with Crippen molar-refractivity contribution >= 4 is 23.7 Å². The Morgan fingerprint density at radius 2 is 1.74 bits per heavy atom. The first-order valence-electron chi connectivity index (χ1n) is 6.99. The number of alkyl carbamates (subject to hydrolysis) is 1. The Labute approximate surface area is 139 Å². The fourth-order valence-corrected chi connectivity index (χ4v) is 1.83. The molecule has 0 spiro atoms. The zero-order chi connectivity index (χ0) is 16.7. The largest absolute Gasteiger partial charge is 0.445 e. The van der Waals surface area contributed by atoms with Crippen molar-refractivity contribution in [3.05, 3.63) is 65.2 Å². The number of carbonyl (C=O) groups excluding carboxylic acids is 2. The lowest BCUT2D eigenvalue weighted by Crippen LogP contribution is -2.41. The van der Waals surface area contributed by atoms with E-state index in [0.717, 1.165) is 5.56 Å². The number of esters is 1. The molecule has 0 heterocycles. The topological polar surface area (TPSA) is 64.6 Å². The van der Waals surface area contributed by atoms with Crippen LogP contribution in [0.5, 0.6) is 5.75 Å². The molecule has 2 rings (SSSR count). The summed E-state index contributed by atoms with van der Waals surface area (Å²) in [5, 5.41) is 2.96. The first-order valence-corrected chi connectivity index (χ1v) is 7.37. The molecule has 1 atom stereocenters. The molecule has 0 aromatic heterocycles. The molecule has 23 heavy (non-hydrogen) atoms. The molecule has 0 aliphatic rings. The summed E-state index contributed by atoms with van der Waals surface area (Å²) in [4.78, 5) is 23.6. The van der Waals surface area contributed by atoms with Gasteiger partial charge >= 0.3 is 12.1 Å².